The van der Waals surface area contributed by atoms with E-state index in [2.05, 4.69) is 30.9 Å². The van der Waals surface area contributed by atoms with Crippen LogP contribution in [0.1, 0.15) is 31.9 Å². The zero-order valence-corrected chi connectivity index (χ0v) is 16.3. The first-order valence-electron chi connectivity index (χ1n) is 9.38. The number of nitrogens with zero attached hydrogens (tertiary/aromatic N) is 5. The zero-order chi connectivity index (χ0) is 21.6. The highest BCUT2D eigenvalue weighted by atomic mass is 16.2. The SMILES string of the molecule is C[C@](C=O)(NCCC#N)Nc1cc(-c2cnc(NC(=O)C3CC3)cn2)cnc1C#N. The Bertz CT molecular complexity index is 1020. The average molecular weight is 404 g/mol. The molecule has 0 bridgehead atoms. The van der Waals surface area contributed by atoms with Crippen LogP contribution >= 0.6 is 0 Å². The van der Waals surface area contributed by atoms with Crippen LogP contribution in [0.25, 0.3) is 11.3 Å². The highest BCUT2D eigenvalue weighted by Crippen LogP contribution is 2.30. The van der Waals surface area contributed by atoms with Gasteiger partial charge in [0.1, 0.15) is 11.7 Å². The largest absolute Gasteiger partial charge is 0.359 e. The summed E-state index contributed by atoms with van der Waals surface area (Å²) in [7, 11) is 0. The Morgan fingerprint density at radius 3 is 2.67 bits per heavy atom. The third-order valence-corrected chi connectivity index (χ3v) is 4.50. The number of carbonyl (C=O) groups is 2. The van der Waals surface area contributed by atoms with Crippen molar-refractivity contribution in [1.82, 2.24) is 20.3 Å². The van der Waals surface area contributed by atoms with Gasteiger partial charge in [-0.1, -0.05) is 0 Å². The fourth-order valence-corrected chi connectivity index (χ4v) is 2.68. The van der Waals surface area contributed by atoms with Gasteiger partial charge >= 0.3 is 0 Å². The van der Waals surface area contributed by atoms with Crippen LogP contribution in [-0.2, 0) is 9.59 Å². The molecule has 0 aliphatic heterocycles. The van der Waals surface area contributed by atoms with Gasteiger partial charge in [0.2, 0.25) is 5.91 Å². The minimum absolute atomic E-state index is 0.0550. The van der Waals surface area contributed by atoms with Crippen LogP contribution in [0.5, 0.6) is 0 Å². The molecule has 2 heterocycles. The smallest absolute Gasteiger partial charge is 0.228 e. The van der Waals surface area contributed by atoms with Crippen LogP contribution < -0.4 is 16.0 Å². The molecule has 30 heavy (non-hydrogen) atoms. The summed E-state index contributed by atoms with van der Waals surface area (Å²) in [5.41, 5.74) is 0.321. The number of hydrogen-bond acceptors (Lipinski definition) is 9. The molecule has 1 saturated carbocycles. The van der Waals surface area contributed by atoms with Gasteiger partial charge < -0.3 is 10.6 Å². The van der Waals surface area contributed by atoms with Crippen molar-refractivity contribution in [3.63, 3.8) is 0 Å². The number of rotatable bonds is 9. The predicted octanol–water partition coefficient (Wildman–Crippen LogP) is 1.59. The van der Waals surface area contributed by atoms with Crippen LogP contribution in [0.2, 0.25) is 0 Å². The van der Waals surface area contributed by atoms with Crippen molar-refractivity contribution >= 4 is 23.7 Å². The topological polar surface area (TPSA) is 156 Å². The Morgan fingerprint density at radius 1 is 1.27 bits per heavy atom. The molecule has 152 valence electrons. The maximum absolute atomic E-state index is 11.8. The number of anilines is 2. The summed E-state index contributed by atoms with van der Waals surface area (Å²) in [6.45, 7) is 1.90. The second-order valence-corrected chi connectivity index (χ2v) is 7.06. The molecule has 0 unspecified atom stereocenters. The van der Waals surface area contributed by atoms with Crippen molar-refractivity contribution in [2.75, 3.05) is 17.2 Å². The summed E-state index contributed by atoms with van der Waals surface area (Å²) in [5, 5.41) is 26.7. The maximum atomic E-state index is 11.8. The summed E-state index contributed by atoms with van der Waals surface area (Å²) in [4.78, 5) is 36.1. The number of aldehydes is 1. The lowest BCUT2D eigenvalue weighted by molar-refractivity contribution is -0.117. The summed E-state index contributed by atoms with van der Waals surface area (Å²) < 4.78 is 0. The number of nitriles is 2. The van der Waals surface area contributed by atoms with E-state index in [1.54, 1.807) is 13.0 Å². The monoisotopic (exact) mass is 404 g/mol. The van der Waals surface area contributed by atoms with E-state index in [1.807, 2.05) is 12.1 Å². The van der Waals surface area contributed by atoms with Gasteiger partial charge in [0, 0.05) is 30.6 Å². The summed E-state index contributed by atoms with van der Waals surface area (Å²) in [6.07, 6.45) is 7.13. The number of hydrogen-bond donors (Lipinski definition) is 3. The van der Waals surface area contributed by atoms with Gasteiger partial charge in [-0.15, -0.1) is 0 Å². The van der Waals surface area contributed by atoms with E-state index in [0.29, 0.717) is 35.6 Å². The first-order valence-corrected chi connectivity index (χ1v) is 9.38. The quantitative estimate of drug-likeness (QED) is 0.321. The molecule has 0 radical (unpaired) electrons. The first-order chi connectivity index (χ1) is 14.5. The molecule has 1 fully saturated rings. The average Bonchev–Trinajstić information content (AvgIpc) is 3.60. The molecule has 2 aromatic rings. The van der Waals surface area contributed by atoms with Crippen LogP contribution in [0, 0.1) is 28.6 Å². The molecule has 10 nitrogen and oxygen atoms in total. The van der Waals surface area contributed by atoms with E-state index >= 15 is 0 Å². The molecule has 1 amide bonds. The summed E-state index contributed by atoms with van der Waals surface area (Å²) >= 11 is 0. The Balaban J connectivity index is 1.79. The van der Waals surface area contributed by atoms with Crippen molar-refractivity contribution in [2.24, 2.45) is 5.92 Å². The second kappa shape index (κ2) is 9.07. The normalized spacial score (nSPS) is 14.6. The van der Waals surface area contributed by atoms with Gasteiger partial charge in [0.25, 0.3) is 0 Å². The van der Waals surface area contributed by atoms with Gasteiger partial charge in [0.15, 0.2) is 17.8 Å². The number of carbonyl (C=O) groups excluding carboxylic acids is 2. The Morgan fingerprint density at radius 2 is 2.07 bits per heavy atom. The lowest BCUT2D eigenvalue weighted by atomic mass is 10.1. The molecule has 0 aromatic carbocycles. The van der Waals surface area contributed by atoms with Crippen LogP contribution in [0.4, 0.5) is 11.5 Å². The number of amides is 1. The van der Waals surface area contributed by atoms with Crippen molar-refractivity contribution in [3.8, 4) is 23.4 Å². The lowest BCUT2D eigenvalue weighted by Gasteiger charge is -2.27. The van der Waals surface area contributed by atoms with Gasteiger partial charge in [-0.25, -0.2) is 9.97 Å². The van der Waals surface area contributed by atoms with Gasteiger partial charge in [-0.2, -0.15) is 10.5 Å². The van der Waals surface area contributed by atoms with Gasteiger partial charge in [0.05, 0.1) is 29.8 Å². The third-order valence-electron chi connectivity index (χ3n) is 4.50. The Labute approximate surface area is 173 Å². The minimum Gasteiger partial charge on any atom is -0.359 e. The van der Waals surface area contributed by atoms with Crippen LogP contribution in [-0.4, -0.2) is 39.4 Å². The molecule has 1 aliphatic rings. The van der Waals surface area contributed by atoms with E-state index in [0.717, 1.165) is 12.8 Å². The van der Waals surface area contributed by atoms with Crippen molar-refractivity contribution in [2.45, 2.75) is 31.8 Å². The molecule has 3 N–H and O–H groups in total. The number of nitrogens with one attached hydrogen (secondary N) is 3. The van der Waals surface area contributed by atoms with Crippen molar-refractivity contribution < 1.29 is 9.59 Å². The zero-order valence-electron chi connectivity index (χ0n) is 16.3. The standard InChI is InChI=1S/C20H20N8O2/c1-20(12-29,26-6-2-5-21)28-15-7-14(9-23-16(15)8-22)17-10-25-18(11-24-17)27-19(30)13-3-4-13/h7,9-13,26,28H,2-4,6H2,1H3,(H,25,27,30)/t20-/m0/s1. The lowest BCUT2D eigenvalue weighted by Crippen LogP contribution is -2.51. The molecule has 10 heteroatoms. The first kappa shape index (κ1) is 20.8. The molecule has 0 spiro atoms. The van der Waals surface area contributed by atoms with E-state index in [9.17, 15) is 14.9 Å². The predicted molar refractivity (Wildman–Crippen MR) is 108 cm³/mol. The van der Waals surface area contributed by atoms with E-state index in [-0.39, 0.29) is 23.9 Å². The number of aromatic nitrogens is 3. The van der Waals surface area contributed by atoms with E-state index in [1.165, 1.54) is 18.6 Å². The second-order valence-electron chi connectivity index (χ2n) is 7.06. The molecular formula is C20H20N8O2. The Hall–Kier alpha value is -3.89. The highest BCUT2D eigenvalue weighted by Gasteiger charge is 2.30. The molecule has 3 rings (SSSR count). The third kappa shape index (κ3) is 5.13. The fraction of sp³-hybridized carbons (Fsp3) is 0.350. The van der Waals surface area contributed by atoms with Crippen LogP contribution in [0.15, 0.2) is 24.7 Å². The Kier molecular flexibility index (Phi) is 6.30. The maximum Gasteiger partial charge on any atom is 0.228 e. The van der Waals surface area contributed by atoms with E-state index < -0.39 is 5.66 Å². The molecule has 1 atom stereocenters. The molecule has 1 aliphatic carbocycles. The fourth-order valence-electron chi connectivity index (χ4n) is 2.68. The molecular weight excluding hydrogens is 384 g/mol. The summed E-state index contributed by atoms with van der Waals surface area (Å²) in [5.74, 6) is 0.378. The minimum atomic E-state index is -1.19. The number of pyridine rings is 1. The van der Waals surface area contributed by atoms with Gasteiger partial charge in [-0.05, 0) is 25.8 Å². The summed E-state index contributed by atoms with van der Waals surface area (Å²) in [6, 6.07) is 5.62. The van der Waals surface area contributed by atoms with Gasteiger partial charge in [-0.3, -0.25) is 19.9 Å². The molecule has 2 aromatic heterocycles. The van der Waals surface area contributed by atoms with Crippen molar-refractivity contribution in [1.29, 1.82) is 10.5 Å². The van der Waals surface area contributed by atoms with E-state index in [4.69, 9.17) is 5.26 Å². The van der Waals surface area contributed by atoms with Crippen molar-refractivity contribution in [3.05, 3.63) is 30.4 Å². The van der Waals surface area contributed by atoms with Crippen LogP contribution in [0.3, 0.4) is 0 Å². The molecule has 0 saturated heterocycles. The highest BCUT2D eigenvalue weighted by molar-refractivity contribution is 5.93.